The Bertz CT molecular complexity index is 861. The molecular formula is C20H21FN2O. The number of nitrogens with zero attached hydrogens (tertiary/aromatic N) is 1. The third-order valence-corrected chi connectivity index (χ3v) is 3.90. The van der Waals surface area contributed by atoms with E-state index in [-0.39, 0.29) is 5.82 Å². The van der Waals surface area contributed by atoms with Gasteiger partial charge in [0.05, 0.1) is 18.3 Å². The Morgan fingerprint density at radius 2 is 1.96 bits per heavy atom. The molecule has 1 aromatic heterocycles. The van der Waals surface area contributed by atoms with Gasteiger partial charge in [0.15, 0.2) is 0 Å². The normalized spacial score (nSPS) is 11.2. The summed E-state index contributed by atoms with van der Waals surface area (Å²) in [6.07, 6.45) is 0. The van der Waals surface area contributed by atoms with E-state index in [1.807, 2.05) is 24.3 Å². The van der Waals surface area contributed by atoms with Crippen LogP contribution in [0.4, 0.5) is 4.39 Å². The minimum Gasteiger partial charge on any atom is -0.497 e. The number of nitrogens with one attached hydrogen (secondary N) is 1. The number of methoxy groups -OCH3 is 1. The van der Waals surface area contributed by atoms with E-state index in [2.05, 4.69) is 25.2 Å². The molecule has 3 rings (SSSR count). The Morgan fingerprint density at radius 3 is 2.71 bits per heavy atom. The fourth-order valence-electron chi connectivity index (χ4n) is 2.65. The van der Waals surface area contributed by atoms with Crippen molar-refractivity contribution in [3.63, 3.8) is 0 Å². The molecule has 2 aromatic carbocycles. The summed E-state index contributed by atoms with van der Waals surface area (Å²) in [6, 6.07) is 14.9. The Labute approximate surface area is 141 Å². The van der Waals surface area contributed by atoms with Crippen molar-refractivity contribution in [2.24, 2.45) is 0 Å². The predicted molar refractivity (Wildman–Crippen MR) is 95.7 cm³/mol. The Balaban J connectivity index is 2.15. The fraction of sp³-hybridized carbons (Fsp3) is 0.250. The van der Waals surface area contributed by atoms with Crippen LogP contribution in [0.5, 0.6) is 5.75 Å². The van der Waals surface area contributed by atoms with Gasteiger partial charge in [-0.2, -0.15) is 0 Å². The highest BCUT2D eigenvalue weighted by atomic mass is 19.1. The maximum absolute atomic E-state index is 13.6. The number of halogens is 1. The van der Waals surface area contributed by atoms with E-state index < -0.39 is 0 Å². The van der Waals surface area contributed by atoms with Gasteiger partial charge < -0.3 is 10.1 Å². The number of hydrogen-bond acceptors (Lipinski definition) is 3. The largest absolute Gasteiger partial charge is 0.497 e. The summed E-state index contributed by atoms with van der Waals surface area (Å²) in [4.78, 5) is 4.72. The van der Waals surface area contributed by atoms with Crippen LogP contribution in [0, 0.1) is 5.82 Å². The van der Waals surface area contributed by atoms with E-state index in [4.69, 9.17) is 9.72 Å². The molecule has 0 fully saturated rings. The van der Waals surface area contributed by atoms with Gasteiger partial charge in [-0.1, -0.05) is 26.0 Å². The second-order valence-electron chi connectivity index (χ2n) is 6.10. The van der Waals surface area contributed by atoms with Crippen LogP contribution in [0.15, 0.2) is 48.5 Å². The van der Waals surface area contributed by atoms with E-state index in [9.17, 15) is 4.39 Å². The summed E-state index contributed by atoms with van der Waals surface area (Å²) < 4.78 is 18.9. The molecule has 0 unspecified atom stereocenters. The summed E-state index contributed by atoms with van der Waals surface area (Å²) in [6.45, 7) is 4.91. The molecule has 4 heteroatoms. The van der Waals surface area contributed by atoms with Crippen molar-refractivity contribution in [2.45, 2.75) is 26.4 Å². The highest BCUT2D eigenvalue weighted by Crippen LogP contribution is 2.28. The van der Waals surface area contributed by atoms with Gasteiger partial charge in [0, 0.05) is 29.6 Å². The van der Waals surface area contributed by atoms with Crippen molar-refractivity contribution >= 4 is 10.9 Å². The first kappa shape index (κ1) is 16.4. The zero-order chi connectivity index (χ0) is 17.1. The average molecular weight is 324 g/mol. The molecule has 124 valence electrons. The van der Waals surface area contributed by atoms with Gasteiger partial charge >= 0.3 is 0 Å². The predicted octanol–water partition coefficient (Wildman–Crippen LogP) is 4.55. The summed E-state index contributed by atoms with van der Waals surface area (Å²) >= 11 is 0. The second kappa shape index (κ2) is 6.97. The number of ether oxygens (including phenoxy) is 1. The lowest BCUT2D eigenvalue weighted by molar-refractivity contribution is 0.415. The summed E-state index contributed by atoms with van der Waals surface area (Å²) in [7, 11) is 1.64. The lowest BCUT2D eigenvalue weighted by Crippen LogP contribution is -2.22. The highest BCUT2D eigenvalue weighted by molar-refractivity contribution is 5.83. The van der Waals surface area contributed by atoms with E-state index >= 15 is 0 Å². The van der Waals surface area contributed by atoms with E-state index in [1.54, 1.807) is 13.2 Å². The monoisotopic (exact) mass is 324 g/mol. The molecule has 0 aliphatic rings. The zero-order valence-corrected chi connectivity index (χ0v) is 14.1. The number of hydrogen-bond donors (Lipinski definition) is 1. The Kier molecular flexibility index (Phi) is 4.76. The van der Waals surface area contributed by atoms with Crippen LogP contribution in [-0.4, -0.2) is 18.1 Å². The van der Waals surface area contributed by atoms with Crippen LogP contribution in [0.1, 0.15) is 19.4 Å². The molecule has 0 bridgehead atoms. The summed E-state index contributed by atoms with van der Waals surface area (Å²) in [5, 5.41) is 4.37. The first-order valence-corrected chi connectivity index (χ1v) is 8.04. The fourth-order valence-corrected chi connectivity index (χ4v) is 2.65. The maximum Gasteiger partial charge on any atom is 0.125 e. The van der Waals surface area contributed by atoms with Crippen LogP contribution < -0.4 is 10.1 Å². The molecule has 0 radical (unpaired) electrons. The third-order valence-electron chi connectivity index (χ3n) is 3.90. The smallest absolute Gasteiger partial charge is 0.125 e. The van der Waals surface area contributed by atoms with Gasteiger partial charge in [0.1, 0.15) is 11.6 Å². The number of pyridine rings is 1. The molecule has 0 saturated carbocycles. The molecule has 0 saturated heterocycles. The summed E-state index contributed by atoms with van der Waals surface area (Å²) in [5.74, 6) is 0.496. The van der Waals surface area contributed by atoms with E-state index in [1.165, 1.54) is 12.1 Å². The van der Waals surface area contributed by atoms with Crippen molar-refractivity contribution in [3.05, 3.63) is 59.9 Å². The summed E-state index contributed by atoms with van der Waals surface area (Å²) in [5.41, 5.74) is 3.54. The number of aromatic nitrogens is 1. The van der Waals surface area contributed by atoms with Crippen LogP contribution in [0.2, 0.25) is 0 Å². The van der Waals surface area contributed by atoms with E-state index in [0.717, 1.165) is 28.0 Å². The first-order valence-electron chi connectivity index (χ1n) is 8.04. The highest BCUT2D eigenvalue weighted by Gasteiger charge is 2.11. The molecule has 0 atom stereocenters. The molecule has 3 aromatic rings. The van der Waals surface area contributed by atoms with Crippen molar-refractivity contribution < 1.29 is 9.13 Å². The molecule has 0 aliphatic carbocycles. The third kappa shape index (κ3) is 3.54. The van der Waals surface area contributed by atoms with Crippen LogP contribution >= 0.6 is 0 Å². The van der Waals surface area contributed by atoms with Gasteiger partial charge in [0.2, 0.25) is 0 Å². The van der Waals surface area contributed by atoms with Crippen LogP contribution in [0.25, 0.3) is 22.2 Å². The lowest BCUT2D eigenvalue weighted by Gasteiger charge is -2.14. The molecule has 1 heterocycles. The molecule has 24 heavy (non-hydrogen) atoms. The topological polar surface area (TPSA) is 34.1 Å². The van der Waals surface area contributed by atoms with Gasteiger partial charge in [-0.15, -0.1) is 0 Å². The van der Waals surface area contributed by atoms with E-state index in [0.29, 0.717) is 18.1 Å². The van der Waals surface area contributed by atoms with Gasteiger partial charge in [-0.3, -0.25) is 0 Å². The lowest BCUT2D eigenvalue weighted by atomic mass is 10.0. The quantitative estimate of drug-likeness (QED) is 0.748. The number of benzene rings is 2. The number of fused-ring (bicyclic) bond motifs is 1. The minimum absolute atomic E-state index is 0.278. The van der Waals surface area contributed by atoms with Gasteiger partial charge in [-0.25, -0.2) is 9.37 Å². The molecule has 3 nitrogen and oxygen atoms in total. The SMILES string of the molecule is COc1cccc(-c2nc3cc(F)ccc3cc2CNC(C)C)c1. The van der Waals surface area contributed by atoms with Crippen LogP contribution in [0.3, 0.4) is 0 Å². The Morgan fingerprint density at radius 1 is 1.12 bits per heavy atom. The first-order chi connectivity index (χ1) is 11.6. The van der Waals surface area contributed by atoms with Crippen molar-refractivity contribution in [2.75, 3.05) is 7.11 Å². The standard InChI is InChI=1S/C20H21FN2O/c1-13(2)22-12-16-9-14-7-8-17(21)11-19(14)23-20(16)15-5-4-6-18(10-15)24-3/h4-11,13,22H,12H2,1-3H3. The molecular weight excluding hydrogens is 303 g/mol. The van der Waals surface area contributed by atoms with Crippen molar-refractivity contribution in [1.82, 2.24) is 10.3 Å². The van der Waals surface area contributed by atoms with Gasteiger partial charge in [-0.05, 0) is 35.9 Å². The number of rotatable bonds is 5. The molecule has 0 spiro atoms. The Hall–Kier alpha value is -2.46. The molecule has 0 amide bonds. The molecule has 1 N–H and O–H groups in total. The molecule has 0 aliphatic heterocycles. The average Bonchev–Trinajstić information content (AvgIpc) is 2.59. The van der Waals surface area contributed by atoms with Crippen LogP contribution in [-0.2, 0) is 6.54 Å². The van der Waals surface area contributed by atoms with Gasteiger partial charge in [0.25, 0.3) is 0 Å². The zero-order valence-electron chi connectivity index (χ0n) is 14.1. The van der Waals surface area contributed by atoms with Crippen molar-refractivity contribution in [3.8, 4) is 17.0 Å². The second-order valence-corrected chi connectivity index (χ2v) is 6.10. The van der Waals surface area contributed by atoms with Crippen molar-refractivity contribution in [1.29, 1.82) is 0 Å². The minimum atomic E-state index is -0.278. The maximum atomic E-state index is 13.6.